The monoisotopic (exact) mass is 482 g/mol. The minimum Gasteiger partial charge on any atom is -0.478 e. The molecule has 8 nitrogen and oxygen atoms in total. The number of hydrogen-bond acceptors (Lipinski definition) is 6. The predicted octanol–water partition coefficient (Wildman–Crippen LogP) is 2.58. The van der Waals surface area contributed by atoms with Crippen molar-refractivity contribution in [1.29, 1.82) is 0 Å². The molecule has 0 aliphatic carbocycles. The molecule has 1 aliphatic heterocycles. The van der Waals surface area contributed by atoms with Gasteiger partial charge < -0.3 is 14.7 Å². The lowest BCUT2D eigenvalue weighted by molar-refractivity contribution is -0.149. The largest absolute Gasteiger partial charge is 0.478 e. The Morgan fingerprint density at radius 1 is 1.16 bits per heavy atom. The van der Waals surface area contributed by atoms with Gasteiger partial charge in [0, 0.05) is 30.7 Å². The number of aliphatic carboxylic acids is 1. The van der Waals surface area contributed by atoms with Gasteiger partial charge in [-0.05, 0) is 27.6 Å². The Labute approximate surface area is 187 Å². The minimum atomic E-state index is -1.48. The molecule has 4 rings (SSSR count). The summed E-state index contributed by atoms with van der Waals surface area (Å²) in [5.74, 6) is -1.43. The molecule has 1 aliphatic rings. The van der Waals surface area contributed by atoms with Gasteiger partial charge in [0.25, 0.3) is 0 Å². The fraction of sp³-hybridized carbons (Fsp3) is 0.182. The third kappa shape index (κ3) is 3.77. The van der Waals surface area contributed by atoms with Crippen LogP contribution < -0.4 is 15.0 Å². The van der Waals surface area contributed by atoms with Crippen LogP contribution in [0.2, 0.25) is 0 Å². The molecule has 0 fully saturated rings. The van der Waals surface area contributed by atoms with Gasteiger partial charge in [-0.1, -0.05) is 48.5 Å². The summed E-state index contributed by atoms with van der Waals surface area (Å²) in [6.45, 7) is -0.0889. The van der Waals surface area contributed by atoms with Crippen LogP contribution in [-0.2, 0) is 15.1 Å². The Balaban J connectivity index is 1.97. The normalized spacial score (nSPS) is 19.3. The van der Waals surface area contributed by atoms with Gasteiger partial charge in [-0.15, -0.1) is 0 Å². The molecule has 0 saturated carbocycles. The Bertz CT molecular complexity index is 1110. The van der Waals surface area contributed by atoms with E-state index in [0.717, 1.165) is 0 Å². The van der Waals surface area contributed by atoms with Crippen LogP contribution in [0.1, 0.15) is 11.1 Å². The molecule has 2 N–H and O–H groups in total. The molecule has 0 spiro atoms. The summed E-state index contributed by atoms with van der Waals surface area (Å²) in [6.07, 6.45) is 1.47. The Morgan fingerprint density at radius 3 is 2.48 bits per heavy atom. The van der Waals surface area contributed by atoms with Crippen molar-refractivity contribution in [3.63, 3.8) is 0 Å². The van der Waals surface area contributed by atoms with Crippen LogP contribution in [0.25, 0.3) is 0 Å². The van der Waals surface area contributed by atoms with Crippen molar-refractivity contribution < 1.29 is 19.4 Å². The van der Waals surface area contributed by atoms with Gasteiger partial charge in [0.1, 0.15) is 5.54 Å². The summed E-state index contributed by atoms with van der Waals surface area (Å²) in [6, 6.07) is 16.2. The van der Waals surface area contributed by atoms with Crippen LogP contribution in [0, 0.1) is 0 Å². The van der Waals surface area contributed by atoms with E-state index in [0.29, 0.717) is 21.3 Å². The second-order valence-electron chi connectivity index (χ2n) is 7.02. The number of likely N-dealkylation sites (N-methyl/N-ethyl adjacent to an activating group) is 1. The van der Waals surface area contributed by atoms with E-state index in [-0.39, 0.29) is 18.5 Å². The zero-order valence-electron chi connectivity index (χ0n) is 16.5. The third-order valence-electron chi connectivity index (χ3n) is 5.25. The van der Waals surface area contributed by atoms with E-state index >= 15 is 0 Å². The van der Waals surface area contributed by atoms with Crippen molar-refractivity contribution >= 4 is 33.5 Å². The summed E-state index contributed by atoms with van der Waals surface area (Å²) in [5, 5.41) is 13.5. The SMILES string of the molecule is CN1C(=O)CN[C@](c2ccccc2)([C@H](Oc2ncc(Br)cn2)C(=O)O)c2ccccc21. The quantitative estimate of drug-likeness (QED) is 0.575. The van der Waals surface area contributed by atoms with Crippen molar-refractivity contribution in [2.75, 3.05) is 18.5 Å². The summed E-state index contributed by atoms with van der Waals surface area (Å²) in [4.78, 5) is 35.0. The number of nitrogens with one attached hydrogen (secondary N) is 1. The Kier molecular flexibility index (Phi) is 5.71. The number of carboxylic acids is 1. The summed E-state index contributed by atoms with van der Waals surface area (Å²) >= 11 is 3.26. The van der Waals surface area contributed by atoms with Gasteiger partial charge in [0.2, 0.25) is 12.0 Å². The lowest BCUT2D eigenvalue weighted by atomic mass is 9.77. The molecule has 0 bridgehead atoms. The number of nitrogens with zero attached hydrogens (tertiary/aromatic N) is 3. The van der Waals surface area contributed by atoms with Crippen molar-refractivity contribution in [1.82, 2.24) is 15.3 Å². The highest BCUT2D eigenvalue weighted by Gasteiger charge is 2.51. The molecule has 2 aromatic carbocycles. The first-order chi connectivity index (χ1) is 14.9. The molecule has 3 aromatic rings. The standard InChI is InChI=1S/C22H19BrN4O4/c1-27-17-10-6-5-9-16(17)22(26-13-18(27)28,14-7-3-2-4-8-14)19(20(29)30)31-21-24-11-15(23)12-25-21/h2-12,19,26H,13H2,1H3,(H,29,30)/t19-,22+/m1/s1. The van der Waals surface area contributed by atoms with Crippen LogP contribution in [0.4, 0.5) is 5.69 Å². The number of fused-ring (bicyclic) bond motifs is 1. The second kappa shape index (κ2) is 8.44. The van der Waals surface area contributed by atoms with Crippen LogP contribution in [0.3, 0.4) is 0 Å². The average molecular weight is 483 g/mol. The number of carboxylic acid groups (broad SMARTS) is 1. The fourth-order valence-corrected chi connectivity index (χ4v) is 4.00. The lowest BCUT2D eigenvalue weighted by Gasteiger charge is -2.39. The molecule has 0 saturated heterocycles. The molecule has 0 unspecified atom stereocenters. The van der Waals surface area contributed by atoms with Crippen LogP contribution >= 0.6 is 15.9 Å². The Hall–Kier alpha value is -3.30. The number of halogens is 1. The number of carbonyl (C=O) groups excluding carboxylic acids is 1. The summed E-state index contributed by atoms with van der Waals surface area (Å²) < 4.78 is 6.51. The maximum atomic E-state index is 12.7. The molecular weight excluding hydrogens is 464 g/mol. The first-order valence-electron chi connectivity index (χ1n) is 9.47. The molecule has 2 atom stereocenters. The number of anilines is 1. The zero-order valence-corrected chi connectivity index (χ0v) is 18.1. The third-order valence-corrected chi connectivity index (χ3v) is 5.66. The van der Waals surface area contributed by atoms with Gasteiger partial charge in [-0.2, -0.15) is 0 Å². The second-order valence-corrected chi connectivity index (χ2v) is 7.93. The van der Waals surface area contributed by atoms with E-state index in [4.69, 9.17) is 4.74 Å². The number of ether oxygens (including phenoxy) is 1. The van der Waals surface area contributed by atoms with Crippen molar-refractivity contribution in [2.24, 2.45) is 0 Å². The lowest BCUT2D eigenvalue weighted by Crippen LogP contribution is -2.58. The number of aromatic nitrogens is 2. The molecule has 1 amide bonds. The van der Waals surface area contributed by atoms with Crippen LogP contribution in [-0.4, -0.2) is 46.6 Å². The van der Waals surface area contributed by atoms with Crippen molar-refractivity contribution in [2.45, 2.75) is 11.6 Å². The van der Waals surface area contributed by atoms with Crippen LogP contribution in [0.15, 0.2) is 71.5 Å². The molecule has 31 heavy (non-hydrogen) atoms. The highest BCUT2D eigenvalue weighted by molar-refractivity contribution is 9.10. The number of benzene rings is 2. The molecule has 9 heteroatoms. The maximum Gasteiger partial charge on any atom is 0.347 e. The van der Waals surface area contributed by atoms with E-state index < -0.39 is 17.6 Å². The van der Waals surface area contributed by atoms with Crippen molar-refractivity contribution in [3.05, 3.63) is 82.6 Å². The minimum absolute atomic E-state index is 0.0888. The van der Waals surface area contributed by atoms with Gasteiger partial charge in [0.05, 0.1) is 11.0 Å². The number of amides is 1. The van der Waals surface area contributed by atoms with Gasteiger partial charge in [-0.3, -0.25) is 10.1 Å². The zero-order chi connectivity index (χ0) is 22.0. The topological polar surface area (TPSA) is 105 Å². The van der Waals surface area contributed by atoms with E-state index in [1.165, 1.54) is 17.3 Å². The van der Waals surface area contributed by atoms with Gasteiger partial charge in [-0.25, -0.2) is 14.8 Å². The van der Waals surface area contributed by atoms with Gasteiger partial charge >= 0.3 is 12.0 Å². The molecule has 158 valence electrons. The number of rotatable bonds is 5. The highest BCUT2D eigenvalue weighted by Crippen LogP contribution is 2.41. The van der Waals surface area contributed by atoms with E-state index in [9.17, 15) is 14.7 Å². The van der Waals surface area contributed by atoms with E-state index in [1.54, 1.807) is 43.4 Å². The molecule has 1 aromatic heterocycles. The predicted molar refractivity (Wildman–Crippen MR) is 117 cm³/mol. The summed E-state index contributed by atoms with van der Waals surface area (Å²) in [7, 11) is 1.67. The number of carbonyl (C=O) groups is 2. The molecular formula is C22H19BrN4O4. The van der Waals surface area contributed by atoms with Crippen LogP contribution in [0.5, 0.6) is 6.01 Å². The fourth-order valence-electron chi connectivity index (χ4n) is 3.80. The van der Waals surface area contributed by atoms with E-state index in [1.807, 2.05) is 18.2 Å². The van der Waals surface area contributed by atoms with E-state index in [2.05, 4.69) is 31.2 Å². The highest BCUT2D eigenvalue weighted by atomic mass is 79.9. The molecule has 0 radical (unpaired) electrons. The summed E-state index contributed by atoms with van der Waals surface area (Å²) in [5.41, 5.74) is 0.433. The Morgan fingerprint density at radius 2 is 1.81 bits per heavy atom. The number of para-hydroxylation sites is 1. The maximum absolute atomic E-state index is 12.7. The first kappa shape index (κ1) is 21.0. The first-order valence-corrected chi connectivity index (χ1v) is 10.3. The van der Waals surface area contributed by atoms with Gasteiger partial charge in [0.15, 0.2) is 0 Å². The smallest absolute Gasteiger partial charge is 0.347 e. The van der Waals surface area contributed by atoms with Crippen molar-refractivity contribution in [3.8, 4) is 6.01 Å². The number of hydrogen-bond donors (Lipinski definition) is 2. The average Bonchev–Trinajstić information content (AvgIpc) is 2.90. The molecule has 2 heterocycles.